The van der Waals surface area contributed by atoms with Gasteiger partial charge in [-0.15, -0.1) is 0 Å². The third-order valence-electron chi connectivity index (χ3n) is 8.29. The highest BCUT2D eigenvalue weighted by atomic mass is 16.6. The Balaban J connectivity index is 1.35. The van der Waals surface area contributed by atoms with Gasteiger partial charge in [0.05, 0.1) is 25.9 Å². The molecule has 2 aliphatic heterocycles. The van der Waals surface area contributed by atoms with Gasteiger partial charge < -0.3 is 23.8 Å². The van der Waals surface area contributed by atoms with Crippen LogP contribution in [0.5, 0.6) is 0 Å². The Hall–Kier alpha value is -4.90. The molecule has 0 bridgehead atoms. The number of hydrogen-bond donors (Lipinski definition) is 1. The molecule has 11 nitrogen and oxygen atoms in total. The number of rotatable bonds is 11. The van der Waals surface area contributed by atoms with Gasteiger partial charge in [0.1, 0.15) is 24.8 Å². The molecule has 3 amide bonds. The van der Waals surface area contributed by atoms with Gasteiger partial charge in [0, 0.05) is 0 Å². The Labute approximate surface area is 268 Å². The molecule has 3 atom stereocenters. The van der Waals surface area contributed by atoms with E-state index in [1.54, 1.807) is 31.2 Å². The number of amides is 3. The Morgan fingerprint density at radius 2 is 1.33 bits per heavy atom. The number of piperidine rings is 1. The zero-order valence-electron chi connectivity index (χ0n) is 25.8. The van der Waals surface area contributed by atoms with E-state index in [4.69, 9.17) is 18.9 Å². The molecule has 2 fully saturated rings. The average Bonchev–Trinajstić information content (AvgIpc) is 3.47. The molecule has 0 saturated carbocycles. The lowest BCUT2D eigenvalue weighted by molar-refractivity contribution is -0.171. The lowest BCUT2D eigenvalue weighted by Crippen LogP contribution is -2.68. The topological polar surface area (TPSA) is 124 Å². The van der Waals surface area contributed by atoms with Gasteiger partial charge in [-0.3, -0.25) is 4.79 Å². The molecule has 3 aromatic carbocycles. The second-order valence-electron chi connectivity index (χ2n) is 11.3. The first-order valence-corrected chi connectivity index (χ1v) is 15.5. The van der Waals surface area contributed by atoms with Crippen LogP contribution in [0.15, 0.2) is 91.0 Å². The van der Waals surface area contributed by atoms with Gasteiger partial charge >= 0.3 is 18.2 Å². The zero-order chi connectivity index (χ0) is 32.4. The Bertz CT molecular complexity index is 1470. The predicted octanol–water partition coefficient (Wildman–Crippen LogP) is 5.14. The van der Waals surface area contributed by atoms with Gasteiger partial charge in [0.2, 0.25) is 5.91 Å². The highest BCUT2D eigenvalue weighted by Gasteiger charge is 2.60. The van der Waals surface area contributed by atoms with E-state index in [-0.39, 0.29) is 39.3 Å². The second kappa shape index (κ2) is 15.4. The van der Waals surface area contributed by atoms with Gasteiger partial charge in [0.15, 0.2) is 0 Å². The number of hydrogen-bond acceptors (Lipinski definition) is 8. The van der Waals surface area contributed by atoms with Crippen LogP contribution in [0.3, 0.4) is 0 Å². The van der Waals surface area contributed by atoms with Crippen LogP contribution in [-0.2, 0) is 48.4 Å². The monoisotopic (exact) mass is 629 g/mol. The third-order valence-corrected chi connectivity index (χ3v) is 8.29. The number of nitrogens with zero attached hydrogens (tertiary/aromatic N) is 2. The second-order valence-corrected chi connectivity index (χ2v) is 11.3. The maximum atomic E-state index is 14.4. The molecule has 11 heteroatoms. The molecular formula is C35H39N3O8. The van der Waals surface area contributed by atoms with E-state index >= 15 is 0 Å². The summed E-state index contributed by atoms with van der Waals surface area (Å²) in [6, 6.07) is 26.2. The van der Waals surface area contributed by atoms with E-state index in [1.807, 2.05) is 66.7 Å². The lowest BCUT2D eigenvalue weighted by Gasteiger charge is -2.46. The Kier molecular flexibility index (Phi) is 10.9. The van der Waals surface area contributed by atoms with E-state index in [0.29, 0.717) is 19.4 Å². The molecule has 2 aliphatic rings. The Morgan fingerprint density at radius 1 is 0.783 bits per heavy atom. The fourth-order valence-corrected chi connectivity index (χ4v) is 6.05. The molecule has 242 valence electrons. The Morgan fingerprint density at radius 3 is 1.91 bits per heavy atom. The van der Waals surface area contributed by atoms with Crippen LogP contribution in [0.25, 0.3) is 0 Å². The van der Waals surface area contributed by atoms with Crippen LogP contribution in [0.4, 0.5) is 9.59 Å². The molecule has 5 rings (SSSR count). The summed E-state index contributed by atoms with van der Waals surface area (Å²) in [5.74, 6) is -0.995. The molecule has 2 saturated heterocycles. The van der Waals surface area contributed by atoms with Crippen molar-refractivity contribution in [3.8, 4) is 0 Å². The number of benzene rings is 3. The fourth-order valence-electron chi connectivity index (χ4n) is 6.05. The van der Waals surface area contributed by atoms with Crippen molar-refractivity contribution in [2.24, 2.45) is 0 Å². The van der Waals surface area contributed by atoms with Gasteiger partial charge in [-0.25, -0.2) is 24.8 Å². The summed E-state index contributed by atoms with van der Waals surface area (Å²) in [7, 11) is 0. The minimum absolute atomic E-state index is 0.0445. The lowest BCUT2D eigenvalue weighted by atomic mass is 9.84. The largest absolute Gasteiger partial charge is 0.464 e. The van der Waals surface area contributed by atoms with Crippen molar-refractivity contribution in [1.82, 2.24) is 15.3 Å². The normalized spacial score (nSPS) is 20.4. The van der Waals surface area contributed by atoms with Crippen LogP contribution in [0, 0.1) is 0 Å². The SMILES string of the molecule is CCOC(=O)[C@]12CC[C@@H](COCc3ccccc3)N1C(=O)[C@@H](N(NC(=O)OCc1ccccc1)C(=O)OCc1ccccc1)CC2. The van der Waals surface area contributed by atoms with E-state index in [0.717, 1.165) is 21.7 Å². The molecule has 0 unspecified atom stereocenters. The summed E-state index contributed by atoms with van der Waals surface area (Å²) in [6.45, 7) is 2.27. The quantitative estimate of drug-likeness (QED) is 0.176. The molecule has 3 aromatic rings. The minimum atomic E-state index is -1.20. The third kappa shape index (κ3) is 7.66. The van der Waals surface area contributed by atoms with E-state index in [9.17, 15) is 19.2 Å². The summed E-state index contributed by atoms with van der Waals surface area (Å²) >= 11 is 0. The summed E-state index contributed by atoms with van der Waals surface area (Å²) in [4.78, 5) is 55.8. The number of carbonyl (C=O) groups excluding carboxylic acids is 4. The maximum absolute atomic E-state index is 14.4. The van der Waals surface area contributed by atoms with E-state index < -0.39 is 41.7 Å². The van der Waals surface area contributed by atoms with Crippen LogP contribution in [-0.4, -0.2) is 64.8 Å². The summed E-state index contributed by atoms with van der Waals surface area (Å²) in [6.07, 6.45) is -0.643. The summed E-state index contributed by atoms with van der Waals surface area (Å²) in [5.41, 5.74) is 3.71. The molecule has 2 heterocycles. The molecule has 46 heavy (non-hydrogen) atoms. The van der Waals surface area contributed by atoms with Crippen molar-refractivity contribution >= 4 is 24.1 Å². The minimum Gasteiger partial charge on any atom is -0.464 e. The van der Waals surface area contributed by atoms with Crippen molar-refractivity contribution in [3.63, 3.8) is 0 Å². The number of carbonyl (C=O) groups is 4. The predicted molar refractivity (Wildman–Crippen MR) is 167 cm³/mol. The highest BCUT2D eigenvalue weighted by Crippen LogP contribution is 2.44. The molecule has 0 spiro atoms. The van der Waals surface area contributed by atoms with E-state index in [1.165, 1.54) is 4.90 Å². The molecule has 0 radical (unpaired) electrons. The molecule has 0 aliphatic carbocycles. The van der Waals surface area contributed by atoms with Crippen molar-refractivity contribution in [2.45, 2.75) is 70.1 Å². The fraction of sp³-hybridized carbons (Fsp3) is 0.371. The van der Waals surface area contributed by atoms with Crippen molar-refractivity contribution < 1.29 is 38.1 Å². The molecule has 0 aromatic heterocycles. The van der Waals surface area contributed by atoms with Crippen molar-refractivity contribution in [3.05, 3.63) is 108 Å². The van der Waals surface area contributed by atoms with E-state index in [2.05, 4.69) is 5.43 Å². The summed E-state index contributed by atoms with van der Waals surface area (Å²) < 4.78 is 22.4. The summed E-state index contributed by atoms with van der Waals surface area (Å²) in [5, 5.41) is 0.883. The van der Waals surface area contributed by atoms with Gasteiger partial charge in [0.25, 0.3) is 0 Å². The number of hydrazine groups is 1. The number of nitrogens with one attached hydrogen (secondary N) is 1. The van der Waals surface area contributed by atoms with Crippen LogP contribution < -0.4 is 5.43 Å². The maximum Gasteiger partial charge on any atom is 0.429 e. The van der Waals surface area contributed by atoms with Gasteiger partial charge in [-0.1, -0.05) is 91.0 Å². The van der Waals surface area contributed by atoms with Crippen LogP contribution in [0.2, 0.25) is 0 Å². The molecular weight excluding hydrogens is 590 g/mol. The first kappa shape index (κ1) is 32.5. The van der Waals surface area contributed by atoms with Gasteiger partial charge in [-0.2, -0.15) is 0 Å². The first-order valence-electron chi connectivity index (χ1n) is 15.5. The molecule has 1 N–H and O–H groups in total. The highest BCUT2D eigenvalue weighted by molar-refractivity contribution is 5.94. The van der Waals surface area contributed by atoms with Crippen LogP contribution >= 0.6 is 0 Å². The average molecular weight is 630 g/mol. The van der Waals surface area contributed by atoms with Crippen molar-refractivity contribution in [2.75, 3.05) is 13.2 Å². The van der Waals surface area contributed by atoms with Gasteiger partial charge in [-0.05, 0) is 49.3 Å². The number of esters is 1. The van der Waals surface area contributed by atoms with Crippen molar-refractivity contribution in [1.29, 1.82) is 0 Å². The van der Waals surface area contributed by atoms with Crippen LogP contribution in [0.1, 0.15) is 49.3 Å². The number of ether oxygens (including phenoxy) is 4. The standard InChI is InChI=1S/C35H39N3O8/c1-2-44-32(40)35-20-18-29(25-43-22-26-12-6-3-7-13-26)37(35)31(39)30(19-21-35)38(34(42)46-24-28-16-10-5-11-17-28)36-33(41)45-23-27-14-8-4-9-15-27/h3-17,29-30H,2,18-25H2,1H3,(H,36,41)/t29-,30-,35+/m0/s1. The zero-order valence-corrected chi connectivity index (χ0v) is 25.8. The number of fused-ring (bicyclic) bond motifs is 1. The smallest absolute Gasteiger partial charge is 0.429 e. The first-order chi connectivity index (χ1) is 22.4.